The number of nitrogens with zero attached hydrogens (tertiary/aromatic N) is 4. The fraction of sp³-hybridized carbons (Fsp3) is 0.250. The molecule has 156 valence electrons. The largest absolute Gasteiger partial charge is 0.350 e. The van der Waals surface area contributed by atoms with E-state index in [1.807, 2.05) is 37.5 Å². The summed E-state index contributed by atoms with van der Waals surface area (Å²) in [7, 11) is 2.01. The van der Waals surface area contributed by atoms with Crippen molar-refractivity contribution in [2.24, 2.45) is 12.8 Å². The molecular formula is C24H24N6O. The monoisotopic (exact) mass is 412 g/mol. The number of fused-ring (bicyclic) bond motifs is 2. The SMILES string of the molecule is Cn1cc(-c2n[nH]c(=O)n2-c2cn([C@H]3CC[C@H](N)C3)c3ccccc23)c2ccccc21. The second-order valence-corrected chi connectivity index (χ2v) is 8.52. The molecule has 0 aliphatic heterocycles. The van der Waals surface area contributed by atoms with E-state index in [0.29, 0.717) is 11.9 Å². The average Bonchev–Trinajstić information content (AvgIpc) is 3.54. The Morgan fingerprint density at radius 3 is 2.52 bits per heavy atom. The maximum absolute atomic E-state index is 13.0. The van der Waals surface area contributed by atoms with E-state index in [1.165, 1.54) is 0 Å². The van der Waals surface area contributed by atoms with E-state index in [1.54, 1.807) is 4.57 Å². The van der Waals surface area contributed by atoms with Gasteiger partial charge < -0.3 is 14.9 Å². The van der Waals surface area contributed by atoms with E-state index in [0.717, 1.165) is 52.3 Å². The third-order valence-electron chi connectivity index (χ3n) is 6.61. The van der Waals surface area contributed by atoms with Crippen molar-refractivity contribution in [1.82, 2.24) is 23.9 Å². The average molecular weight is 412 g/mol. The Labute approximate surface area is 178 Å². The van der Waals surface area contributed by atoms with Crippen molar-refractivity contribution in [3.05, 3.63) is 71.4 Å². The van der Waals surface area contributed by atoms with Crippen molar-refractivity contribution in [1.29, 1.82) is 0 Å². The van der Waals surface area contributed by atoms with E-state index >= 15 is 0 Å². The fourth-order valence-corrected chi connectivity index (χ4v) is 5.13. The minimum atomic E-state index is -0.242. The van der Waals surface area contributed by atoms with Crippen LogP contribution in [-0.2, 0) is 7.05 Å². The molecule has 1 aliphatic carbocycles. The topological polar surface area (TPSA) is 86.6 Å². The predicted octanol–water partition coefficient (Wildman–Crippen LogP) is 3.73. The van der Waals surface area contributed by atoms with Crippen molar-refractivity contribution in [2.75, 3.05) is 0 Å². The van der Waals surface area contributed by atoms with Crippen LogP contribution < -0.4 is 11.4 Å². The summed E-state index contributed by atoms with van der Waals surface area (Å²) >= 11 is 0. The molecule has 7 heteroatoms. The highest BCUT2D eigenvalue weighted by Gasteiger charge is 2.26. The number of nitrogens with two attached hydrogens (primary N) is 1. The maximum Gasteiger partial charge on any atom is 0.348 e. The molecule has 0 unspecified atom stereocenters. The number of benzene rings is 2. The minimum absolute atomic E-state index is 0.234. The van der Waals surface area contributed by atoms with Gasteiger partial charge in [0.05, 0.1) is 11.2 Å². The van der Waals surface area contributed by atoms with Crippen LogP contribution in [0, 0.1) is 0 Å². The number of aromatic nitrogens is 5. The van der Waals surface area contributed by atoms with Gasteiger partial charge in [0.1, 0.15) is 0 Å². The third-order valence-corrected chi connectivity index (χ3v) is 6.61. The third kappa shape index (κ3) is 2.70. The first kappa shape index (κ1) is 18.2. The molecule has 5 aromatic rings. The molecule has 3 heterocycles. The van der Waals surface area contributed by atoms with E-state index in [9.17, 15) is 4.79 Å². The van der Waals surface area contributed by atoms with E-state index in [-0.39, 0.29) is 11.7 Å². The molecule has 0 saturated heterocycles. The summed E-state index contributed by atoms with van der Waals surface area (Å²) in [4.78, 5) is 13.0. The predicted molar refractivity (Wildman–Crippen MR) is 122 cm³/mol. The van der Waals surface area contributed by atoms with Gasteiger partial charge in [-0.15, -0.1) is 0 Å². The van der Waals surface area contributed by atoms with Gasteiger partial charge in [-0.2, -0.15) is 5.10 Å². The molecular weight excluding hydrogens is 388 g/mol. The highest BCUT2D eigenvalue weighted by molar-refractivity contribution is 5.96. The van der Waals surface area contributed by atoms with Gasteiger partial charge in [-0.25, -0.2) is 14.5 Å². The van der Waals surface area contributed by atoms with Crippen molar-refractivity contribution >= 4 is 21.8 Å². The summed E-state index contributed by atoms with van der Waals surface area (Å²) in [5.41, 5.74) is 9.95. The van der Waals surface area contributed by atoms with Crippen molar-refractivity contribution < 1.29 is 0 Å². The smallest absolute Gasteiger partial charge is 0.348 e. The normalized spacial score (nSPS) is 19.0. The lowest BCUT2D eigenvalue weighted by atomic mass is 10.1. The molecule has 0 amide bonds. The first-order chi connectivity index (χ1) is 15.1. The summed E-state index contributed by atoms with van der Waals surface area (Å²) in [6, 6.07) is 17.0. The zero-order valence-electron chi connectivity index (χ0n) is 17.3. The van der Waals surface area contributed by atoms with Gasteiger partial charge in [0.2, 0.25) is 0 Å². The van der Waals surface area contributed by atoms with E-state index in [2.05, 4.69) is 49.8 Å². The number of aryl methyl sites for hydroxylation is 1. The summed E-state index contributed by atoms with van der Waals surface area (Å²) in [6.07, 6.45) is 7.16. The van der Waals surface area contributed by atoms with Crippen molar-refractivity contribution in [3.63, 3.8) is 0 Å². The van der Waals surface area contributed by atoms with Gasteiger partial charge in [-0.3, -0.25) is 0 Å². The Bertz CT molecular complexity index is 1480. The van der Waals surface area contributed by atoms with E-state index in [4.69, 9.17) is 5.73 Å². The highest BCUT2D eigenvalue weighted by Crippen LogP contribution is 2.36. The van der Waals surface area contributed by atoms with Gasteiger partial charge in [-0.1, -0.05) is 36.4 Å². The highest BCUT2D eigenvalue weighted by atomic mass is 16.1. The Kier molecular flexibility index (Phi) is 3.94. The molecule has 2 aromatic carbocycles. The molecule has 3 N–H and O–H groups in total. The van der Waals surface area contributed by atoms with Crippen LogP contribution in [0.2, 0.25) is 0 Å². The zero-order chi connectivity index (χ0) is 21.1. The lowest BCUT2D eigenvalue weighted by Gasteiger charge is -2.13. The van der Waals surface area contributed by atoms with Crippen molar-refractivity contribution in [2.45, 2.75) is 31.3 Å². The zero-order valence-corrected chi connectivity index (χ0v) is 17.3. The molecule has 0 spiro atoms. The molecule has 7 nitrogen and oxygen atoms in total. The molecule has 1 aliphatic rings. The Morgan fingerprint density at radius 2 is 1.74 bits per heavy atom. The second kappa shape index (κ2) is 6.72. The van der Waals surface area contributed by atoms with Gasteiger partial charge in [-0.05, 0) is 31.4 Å². The molecule has 1 fully saturated rings. The Balaban J connectivity index is 1.60. The van der Waals surface area contributed by atoms with E-state index < -0.39 is 0 Å². The van der Waals surface area contributed by atoms with Gasteiger partial charge in [0.25, 0.3) is 0 Å². The van der Waals surface area contributed by atoms with Crippen LogP contribution in [-0.4, -0.2) is 29.9 Å². The van der Waals surface area contributed by atoms with Gasteiger partial charge in [0, 0.05) is 53.4 Å². The number of rotatable bonds is 3. The summed E-state index contributed by atoms with van der Waals surface area (Å²) < 4.78 is 6.07. The number of hydrogen-bond acceptors (Lipinski definition) is 3. The fourth-order valence-electron chi connectivity index (χ4n) is 5.13. The lowest BCUT2D eigenvalue weighted by Crippen LogP contribution is -2.16. The standard InChI is InChI=1S/C24H24N6O/c1-28-13-19(17-6-2-4-8-20(17)28)23-26-27-24(31)30(23)22-14-29(16-11-10-15(25)12-16)21-9-5-3-7-18(21)22/h2-9,13-16H,10-12,25H2,1H3,(H,27,31)/t15-,16-/m0/s1. The lowest BCUT2D eigenvalue weighted by molar-refractivity contribution is 0.525. The first-order valence-corrected chi connectivity index (χ1v) is 10.7. The molecule has 2 atom stereocenters. The van der Waals surface area contributed by atoms with Crippen LogP contribution in [0.5, 0.6) is 0 Å². The number of aromatic amines is 1. The maximum atomic E-state index is 13.0. The van der Waals surface area contributed by atoms with Crippen LogP contribution in [0.15, 0.2) is 65.7 Å². The summed E-state index contributed by atoms with van der Waals surface area (Å²) in [5, 5.41) is 9.21. The van der Waals surface area contributed by atoms with Crippen molar-refractivity contribution in [3.8, 4) is 17.1 Å². The number of hydrogen-bond donors (Lipinski definition) is 2. The van der Waals surface area contributed by atoms with Crippen LogP contribution >= 0.6 is 0 Å². The molecule has 6 rings (SSSR count). The summed E-state index contributed by atoms with van der Waals surface area (Å²) in [5.74, 6) is 0.618. The number of nitrogens with one attached hydrogen (secondary N) is 1. The molecule has 1 saturated carbocycles. The second-order valence-electron chi connectivity index (χ2n) is 8.52. The van der Waals surface area contributed by atoms with Crippen LogP contribution in [0.1, 0.15) is 25.3 Å². The van der Waals surface area contributed by atoms with Crippen LogP contribution in [0.25, 0.3) is 38.9 Å². The Morgan fingerprint density at radius 1 is 1.00 bits per heavy atom. The minimum Gasteiger partial charge on any atom is -0.350 e. The number of H-pyrrole nitrogens is 1. The van der Waals surface area contributed by atoms with Gasteiger partial charge in [0.15, 0.2) is 5.82 Å². The molecule has 31 heavy (non-hydrogen) atoms. The Hall–Kier alpha value is -3.58. The molecule has 0 bridgehead atoms. The van der Waals surface area contributed by atoms with Crippen LogP contribution in [0.3, 0.4) is 0 Å². The first-order valence-electron chi connectivity index (χ1n) is 10.7. The van der Waals surface area contributed by atoms with Gasteiger partial charge >= 0.3 is 5.69 Å². The molecule has 0 radical (unpaired) electrons. The summed E-state index contributed by atoms with van der Waals surface area (Å²) in [6.45, 7) is 0. The van der Waals surface area contributed by atoms with Crippen LogP contribution in [0.4, 0.5) is 0 Å². The number of para-hydroxylation sites is 2. The molecule has 3 aromatic heterocycles. The quantitative estimate of drug-likeness (QED) is 0.473.